The molecule has 0 aliphatic heterocycles. The maximum Gasteiger partial charge on any atom is 0.417 e. The second-order valence-corrected chi connectivity index (χ2v) is 7.31. The minimum atomic E-state index is -4.65. The Morgan fingerprint density at radius 2 is 1.75 bits per heavy atom. The number of para-hydroxylation sites is 1. The third kappa shape index (κ3) is 4.64. The Bertz CT molecular complexity index is 838. The van der Waals surface area contributed by atoms with Crippen molar-refractivity contribution in [1.29, 1.82) is 0 Å². The van der Waals surface area contributed by atoms with Crippen LogP contribution in [0.5, 0.6) is 0 Å². The minimum absolute atomic E-state index is 0.122. The molecule has 2 N–H and O–H groups in total. The number of benzene rings is 1. The highest BCUT2D eigenvalue weighted by Gasteiger charge is 2.36. The third-order valence-electron chi connectivity index (χ3n) is 5.13. The second-order valence-electron chi connectivity index (χ2n) is 7.31. The SMILES string of the molecule is Cc1cccc(C)c1NC(=O)c1cnc(NC2CCCCC2)cc1C(F)(F)F. The van der Waals surface area contributed by atoms with Gasteiger partial charge in [0.25, 0.3) is 5.91 Å². The van der Waals surface area contributed by atoms with Crippen LogP contribution >= 0.6 is 0 Å². The number of aryl methyl sites for hydroxylation is 2. The number of nitrogens with one attached hydrogen (secondary N) is 2. The van der Waals surface area contributed by atoms with Crippen LogP contribution in [0.3, 0.4) is 0 Å². The standard InChI is InChI=1S/C21H24F3N3O/c1-13-7-6-8-14(2)19(13)27-20(28)16-12-25-18(11-17(16)21(22,23)24)26-15-9-4-3-5-10-15/h6-8,11-12,15H,3-5,9-10H2,1-2H3,(H,25,26)(H,27,28). The van der Waals surface area contributed by atoms with Gasteiger partial charge in [-0.05, 0) is 43.9 Å². The number of nitrogens with zero attached hydrogens (tertiary/aromatic N) is 1. The summed E-state index contributed by atoms with van der Waals surface area (Å²) in [6.45, 7) is 3.59. The van der Waals surface area contributed by atoms with Gasteiger partial charge in [-0.15, -0.1) is 0 Å². The summed E-state index contributed by atoms with van der Waals surface area (Å²) in [6.07, 6.45) is 1.45. The van der Waals surface area contributed by atoms with Gasteiger partial charge in [0.2, 0.25) is 0 Å². The molecule has 2 aromatic rings. The lowest BCUT2D eigenvalue weighted by atomic mass is 9.95. The van der Waals surface area contributed by atoms with Gasteiger partial charge in [0.05, 0.1) is 11.1 Å². The second kappa shape index (κ2) is 8.20. The zero-order chi connectivity index (χ0) is 20.3. The highest BCUT2D eigenvalue weighted by molar-refractivity contribution is 6.06. The molecule has 3 rings (SSSR count). The summed E-state index contributed by atoms with van der Waals surface area (Å²) in [6, 6.07) is 6.48. The Morgan fingerprint density at radius 1 is 1.11 bits per heavy atom. The number of rotatable bonds is 4. The largest absolute Gasteiger partial charge is 0.417 e. The smallest absolute Gasteiger partial charge is 0.367 e. The van der Waals surface area contributed by atoms with E-state index >= 15 is 0 Å². The van der Waals surface area contributed by atoms with E-state index in [0.29, 0.717) is 5.69 Å². The van der Waals surface area contributed by atoms with Gasteiger partial charge >= 0.3 is 6.18 Å². The molecular weight excluding hydrogens is 367 g/mol. The van der Waals surface area contributed by atoms with E-state index in [0.717, 1.165) is 55.5 Å². The first-order valence-corrected chi connectivity index (χ1v) is 9.47. The van der Waals surface area contributed by atoms with Crippen LogP contribution in [0.15, 0.2) is 30.5 Å². The summed E-state index contributed by atoms with van der Waals surface area (Å²) in [5.74, 6) is -0.663. The Balaban J connectivity index is 1.88. The molecule has 28 heavy (non-hydrogen) atoms. The van der Waals surface area contributed by atoms with E-state index in [-0.39, 0.29) is 11.9 Å². The lowest BCUT2D eigenvalue weighted by molar-refractivity contribution is -0.137. The number of pyridine rings is 1. The fraction of sp³-hybridized carbons (Fsp3) is 0.429. The number of aromatic nitrogens is 1. The molecule has 4 nitrogen and oxygen atoms in total. The third-order valence-corrected chi connectivity index (χ3v) is 5.13. The number of hydrogen-bond acceptors (Lipinski definition) is 3. The van der Waals surface area contributed by atoms with Gasteiger partial charge in [-0.25, -0.2) is 4.98 Å². The van der Waals surface area contributed by atoms with E-state index in [1.54, 1.807) is 26.0 Å². The molecule has 0 unspecified atom stereocenters. The molecule has 0 bridgehead atoms. The predicted molar refractivity (Wildman–Crippen MR) is 104 cm³/mol. The first kappa shape index (κ1) is 20.2. The van der Waals surface area contributed by atoms with Crippen molar-refractivity contribution >= 4 is 17.4 Å². The number of carbonyl (C=O) groups is 1. The van der Waals surface area contributed by atoms with Gasteiger partial charge in [0, 0.05) is 17.9 Å². The lowest BCUT2D eigenvalue weighted by Gasteiger charge is -2.24. The molecule has 0 atom stereocenters. The van der Waals surface area contributed by atoms with Crippen molar-refractivity contribution in [2.75, 3.05) is 10.6 Å². The van der Waals surface area contributed by atoms with Gasteiger partial charge in [-0.2, -0.15) is 13.2 Å². The van der Waals surface area contributed by atoms with Crippen molar-refractivity contribution < 1.29 is 18.0 Å². The normalized spacial score (nSPS) is 15.3. The Kier molecular flexibility index (Phi) is 5.91. The van der Waals surface area contributed by atoms with Crippen LogP contribution in [0.25, 0.3) is 0 Å². The van der Waals surface area contributed by atoms with Crippen molar-refractivity contribution in [3.05, 3.63) is 52.7 Å². The van der Waals surface area contributed by atoms with Gasteiger partial charge in [-0.3, -0.25) is 4.79 Å². The zero-order valence-corrected chi connectivity index (χ0v) is 16.0. The molecule has 0 spiro atoms. The molecule has 0 saturated heterocycles. The van der Waals surface area contributed by atoms with Crippen molar-refractivity contribution in [2.45, 2.75) is 58.2 Å². The Morgan fingerprint density at radius 3 is 2.36 bits per heavy atom. The molecule has 7 heteroatoms. The number of carbonyl (C=O) groups excluding carboxylic acids is 1. The van der Waals surface area contributed by atoms with Crippen LogP contribution in [0, 0.1) is 13.8 Å². The average molecular weight is 391 g/mol. The van der Waals surface area contributed by atoms with Crippen molar-refractivity contribution in [2.24, 2.45) is 0 Å². The first-order chi connectivity index (χ1) is 13.3. The van der Waals surface area contributed by atoms with Crippen LogP contribution < -0.4 is 10.6 Å². The van der Waals surface area contributed by atoms with Crippen LogP contribution in [0.1, 0.15) is 59.2 Å². The first-order valence-electron chi connectivity index (χ1n) is 9.47. The molecule has 1 heterocycles. The van der Waals surface area contributed by atoms with E-state index in [4.69, 9.17) is 0 Å². The molecule has 1 saturated carbocycles. The van der Waals surface area contributed by atoms with E-state index in [1.165, 1.54) is 0 Å². The van der Waals surface area contributed by atoms with Gasteiger partial charge in [0.1, 0.15) is 5.82 Å². The molecule has 0 radical (unpaired) electrons. The summed E-state index contributed by atoms with van der Waals surface area (Å²) in [4.78, 5) is 16.7. The summed E-state index contributed by atoms with van der Waals surface area (Å²) in [5.41, 5.74) is 0.620. The lowest BCUT2D eigenvalue weighted by Crippen LogP contribution is -2.24. The summed E-state index contributed by atoms with van der Waals surface area (Å²) < 4.78 is 40.9. The molecule has 1 aromatic carbocycles. The highest BCUT2D eigenvalue weighted by atomic mass is 19.4. The molecular formula is C21H24F3N3O. The molecule has 1 fully saturated rings. The van der Waals surface area contributed by atoms with Gasteiger partial charge in [-0.1, -0.05) is 37.5 Å². The van der Waals surface area contributed by atoms with Gasteiger partial charge in [0.15, 0.2) is 0 Å². The topological polar surface area (TPSA) is 54.0 Å². The van der Waals surface area contributed by atoms with Gasteiger partial charge < -0.3 is 10.6 Å². The maximum absolute atomic E-state index is 13.6. The number of halogens is 3. The quantitative estimate of drug-likeness (QED) is 0.701. The van der Waals surface area contributed by atoms with E-state index in [2.05, 4.69) is 15.6 Å². The number of alkyl halides is 3. The molecule has 1 amide bonds. The van der Waals surface area contributed by atoms with E-state index in [9.17, 15) is 18.0 Å². The van der Waals surface area contributed by atoms with Crippen LogP contribution in [-0.4, -0.2) is 16.9 Å². The van der Waals surface area contributed by atoms with Crippen molar-refractivity contribution in [3.8, 4) is 0 Å². The fourth-order valence-corrected chi connectivity index (χ4v) is 3.60. The zero-order valence-electron chi connectivity index (χ0n) is 16.0. The number of amides is 1. The minimum Gasteiger partial charge on any atom is -0.367 e. The summed E-state index contributed by atoms with van der Waals surface area (Å²) in [5, 5.41) is 5.69. The van der Waals surface area contributed by atoms with Crippen LogP contribution in [0.2, 0.25) is 0 Å². The predicted octanol–water partition coefficient (Wildman–Crippen LogP) is 5.71. The van der Waals surface area contributed by atoms with Crippen LogP contribution in [0.4, 0.5) is 24.7 Å². The highest BCUT2D eigenvalue weighted by Crippen LogP contribution is 2.34. The summed E-state index contributed by atoms with van der Waals surface area (Å²) >= 11 is 0. The van der Waals surface area contributed by atoms with E-state index < -0.39 is 23.2 Å². The Hall–Kier alpha value is -2.57. The number of anilines is 2. The van der Waals surface area contributed by atoms with Crippen molar-refractivity contribution in [1.82, 2.24) is 4.98 Å². The maximum atomic E-state index is 13.6. The molecule has 1 aromatic heterocycles. The average Bonchev–Trinajstić information content (AvgIpc) is 2.65. The van der Waals surface area contributed by atoms with Crippen molar-refractivity contribution in [3.63, 3.8) is 0 Å². The molecule has 1 aliphatic carbocycles. The molecule has 150 valence electrons. The Labute approximate surface area is 162 Å². The number of hydrogen-bond donors (Lipinski definition) is 2. The summed E-state index contributed by atoms with van der Waals surface area (Å²) in [7, 11) is 0. The van der Waals surface area contributed by atoms with Crippen LogP contribution in [-0.2, 0) is 6.18 Å². The fourth-order valence-electron chi connectivity index (χ4n) is 3.60. The van der Waals surface area contributed by atoms with E-state index in [1.807, 2.05) is 6.07 Å². The monoisotopic (exact) mass is 391 g/mol. The molecule has 1 aliphatic rings.